The molecule has 0 aromatic heterocycles. The van der Waals surface area contributed by atoms with Gasteiger partial charge in [-0.05, 0) is 37.0 Å². The summed E-state index contributed by atoms with van der Waals surface area (Å²) in [5.74, 6) is 2.25. The summed E-state index contributed by atoms with van der Waals surface area (Å²) in [7, 11) is 1.50. The van der Waals surface area contributed by atoms with Crippen molar-refractivity contribution in [3.8, 4) is 0 Å². The minimum absolute atomic E-state index is 0.0229. The standard InChI is InChI=1S/C10H16O2/c1-6-7-3-4-8(5-7)9(6)10(11)12-2/h6-9H,3-5H2,1-2H3/t6-,7+,8+,9-/m1/s1. The van der Waals surface area contributed by atoms with E-state index < -0.39 is 0 Å². The van der Waals surface area contributed by atoms with Crippen molar-refractivity contribution in [3.63, 3.8) is 0 Å². The van der Waals surface area contributed by atoms with Gasteiger partial charge in [0.25, 0.3) is 0 Å². The van der Waals surface area contributed by atoms with E-state index in [1.807, 2.05) is 0 Å². The fraction of sp³-hybridized carbons (Fsp3) is 0.900. The minimum atomic E-state index is 0.0229. The molecule has 2 aliphatic carbocycles. The van der Waals surface area contributed by atoms with Crippen LogP contribution >= 0.6 is 0 Å². The number of esters is 1. The first-order valence-corrected chi connectivity index (χ1v) is 4.82. The minimum Gasteiger partial charge on any atom is -0.469 e. The van der Waals surface area contributed by atoms with E-state index in [1.54, 1.807) is 0 Å². The van der Waals surface area contributed by atoms with Crippen LogP contribution in [0.2, 0.25) is 0 Å². The average molecular weight is 168 g/mol. The Morgan fingerprint density at radius 3 is 2.50 bits per heavy atom. The molecule has 0 amide bonds. The van der Waals surface area contributed by atoms with Gasteiger partial charge in [-0.1, -0.05) is 6.92 Å². The van der Waals surface area contributed by atoms with Crippen molar-refractivity contribution < 1.29 is 9.53 Å². The summed E-state index contributed by atoms with van der Waals surface area (Å²) < 4.78 is 4.82. The SMILES string of the molecule is COC(=O)[C@H]1[C@H]2CC[C@@H](C2)[C@H]1C. The quantitative estimate of drug-likeness (QED) is 0.558. The van der Waals surface area contributed by atoms with Crippen molar-refractivity contribution in [2.75, 3.05) is 7.11 Å². The smallest absolute Gasteiger partial charge is 0.309 e. The number of hydrogen-bond donors (Lipinski definition) is 0. The van der Waals surface area contributed by atoms with Crippen LogP contribution in [0, 0.1) is 23.7 Å². The van der Waals surface area contributed by atoms with Crippen LogP contribution in [-0.4, -0.2) is 13.1 Å². The van der Waals surface area contributed by atoms with Crippen LogP contribution in [0.5, 0.6) is 0 Å². The molecule has 0 aromatic rings. The Morgan fingerprint density at radius 1 is 1.33 bits per heavy atom. The Hall–Kier alpha value is -0.530. The predicted molar refractivity (Wildman–Crippen MR) is 45.5 cm³/mol. The molecule has 0 N–H and O–H groups in total. The molecule has 2 heteroatoms. The lowest BCUT2D eigenvalue weighted by Gasteiger charge is -2.25. The zero-order chi connectivity index (χ0) is 8.72. The van der Waals surface area contributed by atoms with E-state index in [2.05, 4.69) is 6.92 Å². The number of rotatable bonds is 1. The predicted octanol–water partition coefficient (Wildman–Crippen LogP) is 1.84. The largest absolute Gasteiger partial charge is 0.469 e. The summed E-state index contributed by atoms with van der Waals surface area (Å²) in [5.41, 5.74) is 0. The fourth-order valence-electron chi connectivity index (χ4n) is 3.12. The highest BCUT2D eigenvalue weighted by molar-refractivity contribution is 5.73. The van der Waals surface area contributed by atoms with Gasteiger partial charge in [-0.15, -0.1) is 0 Å². The van der Waals surface area contributed by atoms with E-state index in [0.29, 0.717) is 11.8 Å². The van der Waals surface area contributed by atoms with Crippen LogP contribution in [-0.2, 0) is 9.53 Å². The second kappa shape index (κ2) is 2.75. The number of carbonyl (C=O) groups is 1. The summed E-state index contributed by atoms with van der Waals surface area (Å²) in [6.45, 7) is 2.20. The Kier molecular flexibility index (Phi) is 1.85. The molecule has 4 atom stereocenters. The highest BCUT2D eigenvalue weighted by Crippen LogP contribution is 2.52. The normalized spacial score (nSPS) is 44.8. The molecule has 2 nitrogen and oxygen atoms in total. The first kappa shape index (κ1) is 8.09. The molecule has 2 fully saturated rings. The van der Waals surface area contributed by atoms with Crippen LogP contribution < -0.4 is 0 Å². The third-order valence-corrected chi connectivity index (χ3v) is 3.80. The van der Waals surface area contributed by atoms with Gasteiger partial charge in [-0.25, -0.2) is 0 Å². The number of carbonyl (C=O) groups excluding carboxylic acids is 1. The van der Waals surface area contributed by atoms with Gasteiger partial charge >= 0.3 is 5.97 Å². The average Bonchev–Trinajstić information content (AvgIpc) is 2.63. The van der Waals surface area contributed by atoms with Gasteiger partial charge in [-0.3, -0.25) is 4.79 Å². The van der Waals surface area contributed by atoms with E-state index in [9.17, 15) is 4.79 Å². The van der Waals surface area contributed by atoms with Crippen molar-refractivity contribution in [2.45, 2.75) is 26.2 Å². The number of hydrogen-bond acceptors (Lipinski definition) is 2. The monoisotopic (exact) mass is 168 g/mol. The van der Waals surface area contributed by atoms with Crippen molar-refractivity contribution >= 4 is 5.97 Å². The number of fused-ring (bicyclic) bond motifs is 2. The second-order valence-electron chi connectivity index (χ2n) is 4.24. The Balaban J connectivity index is 2.12. The third-order valence-electron chi connectivity index (χ3n) is 3.80. The molecular weight excluding hydrogens is 152 g/mol. The summed E-state index contributed by atoms with van der Waals surface area (Å²) in [6, 6.07) is 0. The van der Waals surface area contributed by atoms with E-state index in [0.717, 1.165) is 5.92 Å². The molecule has 0 radical (unpaired) electrons. The summed E-state index contributed by atoms with van der Waals surface area (Å²) >= 11 is 0. The molecule has 0 aliphatic heterocycles. The summed E-state index contributed by atoms with van der Waals surface area (Å²) in [5, 5.41) is 0. The topological polar surface area (TPSA) is 26.3 Å². The summed E-state index contributed by atoms with van der Waals surface area (Å²) in [4.78, 5) is 11.4. The van der Waals surface area contributed by atoms with E-state index in [-0.39, 0.29) is 11.9 Å². The maximum absolute atomic E-state index is 11.4. The lowest BCUT2D eigenvalue weighted by atomic mass is 9.80. The highest BCUT2D eigenvalue weighted by atomic mass is 16.5. The summed E-state index contributed by atoms with van der Waals surface area (Å²) in [6.07, 6.45) is 3.84. The maximum atomic E-state index is 11.4. The van der Waals surface area contributed by atoms with Crippen LogP contribution in [0.4, 0.5) is 0 Å². The van der Waals surface area contributed by atoms with E-state index in [4.69, 9.17) is 4.74 Å². The van der Waals surface area contributed by atoms with Crippen LogP contribution in [0.3, 0.4) is 0 Å². The van der Waals surface area contributed by atoms with Crippen molar-refractivity contribution in [3.05, 3.63) is 0 Å². The molecule has 0 spiro atoms. The second-order valence-corrected chi connectivity index (χ2v) is 4.24. The van der Waals surface area contributed by atoms with Gasteiger partial charge in [0, 0.05) is 0 Å². The van der Waals surface area contributed by atoms with E-state index in [1.165, 1.54) is 26.4 Å². The third kappa shape index (κ3) is 0.970. The van der Waals surface area contributed by atoms with Gasteiger partial charge in [0.05, 0.1) is 13.0 Å². The first-order valence-electron chi connectivity index (χ1n) is 4.82. The molecular formula is C10H16O2. The number of ether oxygens (including phenoxy) is 1. The Bertz CT molecular complexity index is 198. The lowest BCUT2D eigenvalue weighted by Crippen LogP contribution is -2.28. The molecule has 0 aromatic carbocycles. The number of methoxy groups -OCH3 is 1. The van der Waals surface area contributed by atoms with Gasteiger partial charge < -0.3 is 4.74 Å². The lowest BCUT2D eigenvalue weighted by molar-refractivity contribution is -0.149. The van der Waals surface area contributed by atoms with E-state index >= 15 is 0 Å². The molecule has 0 unspecified atom stereocenters. The highest BCUT2D eigenvalue weighted by Gasteiger charge is 2.48. The van der Waals surface area contributed by atoms with Crippen LogP contribution in [0.15, 0.2) is 0 Å². The van der Waals surface area contributed by atoms with Gasteiger partial charge in [-0.2, -0.15) is 0 Å². The molecule has 12 heavy (non-hydrogen) atoms. The van der Waals surface area contributed by atoms with Gasteiger partial charge in [0.1, 0.15) is 0 Å². The zero-order valence-electron chi connectivity index (χ0n) is 7.75. The maximum Gasteiger partial charge on any atom is 0.309 e. The van der Waals surface area contributed by atoms with Crippen molar-refractivity contribution in [1.82, 2.24) is 0 Å². The molecule has 2 saturated carbocycles. The molecule has 0 saturated heterocycles. The molecule has 2 bridgehead atoms. The zero-order valence-corrected chi connectivity index (χ0v) is 7.75. The van der Waals surface area contributed by atoms with Crippen LogP contribution in [0.1, 0.15) is 26.2 Å². The van der Waals surface area contributed by atoms with Gasteiger partial charge in [0.2, 0.25) is 0 Å². The van der Waals surface area contributed by atoms with Crippen molar-refractivity contribution in [2.24, 2.45) is 23.7 Å². The molecule has 2 rings (SSSR count). The van der Waals surface area contributed by atoms with Crippen LogP contribution in [0.25, 0.3) is 0 Å². The van der Waals surface area contributed by atoms with Gasteiger partial charge in [0.15, 0.2) is 0 Å². The van der Waals surface area contributed by atoms with Crippen molar-refractivity contribution in [1.29, 1.82) is 0 Å². The Morgan fingerprint density at radius 2 is 2.00 bits per heavy atom. The Labute approximate surface area is 73.3 Å². The molecule has 2 aliphatic rings. The fourth-order valence-corrected chi connectivity index (χ4v) is 3.12. The first-order chi connectivity index (χ1) is 5.74. The molecule has 68 valence electrons. The molecule has 0 heterocycles.